The van der Waals surface area contributed by atoms with Gasteiger partial charge in [-0.05, 0) is 25.3 Å². The van der Waals surface area contributed by atoms with Gasteiger partial charge in [-0.1, -0.05) is 79.4 Å². The molecule has 0 saturated heterocycles. The Hall–Kier alpha value is -3.01. The molecule has 1 aliphatic carbocycles. The molecule has 0 atom stereocenters. The van der Waals surface area contributed by atoms with Crippen molar-refractivity contribution < 1.29 is 4.79 Å². The highest BCUT2D eigenvalue weighted by molar-refractivity contribution is 5.92. The Labute approximate surface area is 172 Å². The minimum atomic E-state index is -0.0485. The Morgan fingerprint density at radius 3 is 2.45 bits per heavy atom. The largest absolute Gasteiger partial charge is 0.309 e. The van der Waals surface area contributed by atoms with Gasteiger partial charge >= 0.3 is 0 Å². The maximum atomic E-state index is 12.7. The zero-order valence-electron chi connectivity index (χ0n) is 16.9. The van der Waals surface area contributed by atoms with Crippen LogP contribution in [0.5, 0.6) is 0 Å². The maximum absolute atomic E-state index is 12.7. The molecule has 1 N–H and O–H groups in total. The highest BCUT2D eigenvalue weighted by Gasteiger charge is 2.23. The predicted octanol–water partition coefficient (Wildman–Crippen LogP) is 5.68. The summed E-state index contributed by atoms with van der Waals surface area (Å²) in [6.45, 7) is 2.05. The van der Waals surface area contributed by atoms with Gasteiger partial charge in [0.2, 0.25) is 5.91 Å². The van der Waals surface area contributed by atoms with Gasteiger partial charge in [-0.25, -0.2) is 9.97 Å². The number of nitrogens with zero attached hydrogens (tertiary/aromatic N) is 2. The molecule has 4 rings (SSSR count). The van der Waals surface area contributed by atoms with E-state index < -0.39 is 0 Å². The highest BCUT2D eigenvalue weighted by atomic mass is 16.1. The second-order valence-corrected chi connectivity index (χ2v) is 7.90. The first-order valence-electron chi connectivity index (χ1n) is 10.5. The standard InChI is InChI=1S/C25H27N3O/c1-18-12-14-19(15-13-18)16-23(29)28-25-24(21-10-6-3-7-11-21)27-22(17-26-25)20-8-4-2-5-9-20/h2,4-5,8-9,12-15,17,21H,3,6-7,10-11,16H2,1H3,(H,26,28,29). The second kappa shape index (κ2) is 8.99. The van der Waals surface area contributed by atoms with Crippen LogP contribution in [0.25, 0.3) is 11.3 Å². The van der Waals surface area contributed by atoms with Crippen molar-refractivity contribution in [3.8, 4) is 11.3 Å². The van der Waals surface area contributed by atoms with Gasteiger partial charge < -0.3 is 5.32 Å². The van der Waals surface area contributed by atoms with E-state index in [1.165, 1.54) is 24.8 Å². The maximum Gasteiger partial charge on any atom is 0.229 e. The number of carbonyl (C=O) groups is 1. The van der Waals surface area contributed by atoms with Crippen molar-refractivity contribution in [3.63, 3.8) is 0 Å². The molecule has 0 unspecified atom stereocenters. The first-order chi connectivity index (χ1) is 14.2. The minimum absolute atomic E-state index is 0.0485. The van der Waals surface area contributed by atoms with Crippen LogP contribution < -0.4 is 5.32 Å². The van der Waals surface area contributed by atoms with E-state index in [0.29, 0.717) is 18.2 Å². The van der Waals surface area contributed by atoms with E-state index in [2.05, 4.69) is 10.3 Å². The number of rotatable bonds is 5. The van der Waals surface area contributed by atoms with Crippen molar-refractivity contribution in [1.29, 1.82) is 0 Å². The van der Waals surface area contributed by atoms with Gasteiger partial charge in [-0.2, -0.15) is 0 Å². The molecular formula is C25H27N3O. The number of benzene rings is 2. The normalized spacial score (nSPS) is 14.5. The molecule has 1 aliphatic rings. The van der Waals surface area contributed by atoms with Crippen molar-refractivity contribution in [3.05, 3.63) is 77.6 Å². The lowest BCUT2D eigenvalue weighted by Gasteiger charge is -2.23. The molecule has 1 aromatic heterocycles. The molecule has 0 radical (unpaired) electrons. The van der Waals surface area contributed by atoms with Gasteiger partial charge in [0.25, 0.3) is 0 Å². The predicted molar refractivity (Wildman–Crippen MR) is 117 cm³/mol. The van der Waals surface area contributed by atoms with Crippen molar-refractivity contribution in [2.24, 2.45) is 0 Å². The van der Waals surface area contributed by atoms with Crippen LogP contribution in [-0.2, 0) is 11.2 Å². The molecule has 3 aromatic rings. The smallest absolute Gasteiger partial charge is 0.229 e. The van der Waals surface area contributed by atoms with Crippen LogP contribution in [0, 0.1) is 6.92 Å². The molecule has 0 aliphatic heterocycles. The van der Waals surface area contributed by atoms with Gasteiger partial charge in [-0.15, -0.1) is 0 Å². The number of hydrogen-bond acceptors (Lipinski definition) is 3. The summed E-state index contributed by atoms with van der Waals surface area (Å²) in [5.41, 5.74) is 5.04. The third-order valence-electron chi connectivity index (χ3n) is 5.60. The highest BCUT2D eigenvalue weighted by Crippen LogP contribution is 2.35. The summed E-state index contributed by atoms with van der Waals surface area (Å²) < 4.78 is 0. The fraction of sp³-hybridized carbons (Fsp3) is 0.320. The Morgan fingerprint density at radius 2 is 1.72 bits per heavy atom. The first kappa shape index (κ1) is 19.3. The molecule has 148 valence electrons. The number of aromatic nitrogens is 2. The molecule has 2 aromatic carbocycles. The monoisotopic (exact) mass is 385 g/mol. The molecular weight excluding hydrogens is 358 g/mol. The lowest BCUT2D eigenvalue weighted by molar-refractivity contribution is -0.115. The van der Waals surface area contributed by atoms with Crippen molar-refractivity contribution >= 4 is 11.7 Å². The average Bonchev–Trinajstić information content (AvgIpc) is 2.77. The van der Waals surface area contributed by atoms with Crippen molar-refractivity contribution in [1.82, 2.24) is 9.97 Å². The van der Waals surface area contributed by atoms with Gasteiger partial charge in [0.1, 0.15) is 0 Å². The molecule has 0 bridgehead atoms. The molecule has 4 heteroatoms. The summed E-state index contributed by atoms with van der Waals surface area (Å²) in [5, 5.41) is 3.04. The summed E-state index contributed by atoms with van der Waals surface area (Å²) in [6.07, 6.45) is 8.01. The Balaban J connectivity index is 1.59. The van der Waals surface area contributed by atoms with Gasteiger partial charge in [0.15, 0.2) is 5.82 Å². The van der Waals surface area contributed by atoms with Crippen LogP contribution in [0.3, 0.4) is 0 Å². The van der Waals surface area contributed by atoms with Crippen LogP contribution in [0.15, 0.2) is 60.8 Å². The average molecular weight is 386 g/mol. The molecule has 1 saturated carbocycles. The minimum Gasteiger partial charge on any atom is -0.309 e. The zero-order valence-corrected chi connectivity index (χ0v) is 16.9. The quantitative estimate of drug-likeness (QED) is 0.615. The van der Waals surface area contributed by atoms with Gasteiger partial charge in [0, 0.05) is 11.5 Å². The van der Waals surface area contributed by atoms with Crippen LogP contribution in [0.1, 0.15) is 54.8 Å². The molecule has 1 amide bonds. The number of anilines is 1. The molecule has 29 heavy (non-hydrogen) atoms. The SMILES string of the molecule is Cc1ccc(CC(=O)Nc2ncc(-c3ccccc3)nc2C2CCCCC2)cc1. The van der Waals surface area contributed by atoms with E-state index in [1.54, 1.807) is 6.20 Å². The lowest BCUT2D eigenvalue weighted by Crippen LogP contribution is -2.19. The fourth-order valence-electron chi connectivity index (χ4n) is 3.98. The summed E-state index contributed by atoms with van der Waals surface area (Å²) in [7, 11) is 0. The van der Waals surface area contributed by atoms with Crippen LogP contribution >= 0.6 is 0 Å². The van der Waals surface area contributed by atoms with E-state index in [1.807, 2.05) is 61.5 Å². The van der Waals surface area contributed by atoms with Crippen LogP contribution in [0.2, 0.25) is 0 Å². The Morgan fingerprint density at radius 1 is 1.00 bits per heavy atom. The van der Waals surface area contributed by atoms with Gasteiger partial charge in [0.05, 0.1) is 24.0 Å². The number of amides is 1. The van der Waals surface area contributed by atoms with Crippen molar-refractivity contribution in [2.45, 2.75) is 51.4 Å². The number of nitrogens with one attached hydrogen (secondary N) is 1. The van der Waals surface area contributed by atoms with Crippen LogP contribution in [-0.4, -0.2) is 15.9 Å². The van der Waals surface area contributed by atoms with E-state index in [4.69, 9.17) is 4.98 Å². The molecule has 4 nitrogen and oxygen atoms in total. The number of hydrogen-bond donors (Lipinski definition) is 1. The topological polar surface area (TPSA) is 54.9 Å². The van der Waals surface area contributed by atoms with Gasteiger partial charge in [-0.3, -0.25) is 4.79 Å². The Bertz CT molecular complexity index is 961. The third-order valence-corrected chi connectivity index (χ3v) is 5.60. The lowest BCUT2D eigenvalue weighted by atomic mass is 9.86. The summed E-state index contributed by atoms with van der Waals surface area (Å²) in [5.74, 6) is 0.927. The summed E-state index contributed by atoms with van der Waals surface area (Å²) in [6, 6.07) is 18.2. The molecule has 0 spiro atoms. The number of carbonyl (C=O) groups excluding carboxylic acids is 1. The van der Waals surface area contributed by atoms with E-state index in [9.17, 15) is 4.79 Å². The van der Waals surface area contributed by atoms with E-state index in [0.717, 1.165) is 35.4 Å². The molecule has 1 heterocycles. The zero-order chi connectivity index (χ0) is 20.1. The Kier molecular flexibility index (Phi) is 5.99. The third kappa shape index (κ3) is 4.89. The fourth-order valence-corrected chi connectivity index (χ4v) is 3.98. The number of aryl methyl sites for hydroxylation is 1. The van der Waals surface area contributed by atoms with E-state index in [-0.39, 0.29) is 5.91 Å². The first-order valence-corrected chi connectivity index (χ1v) is 10.5. The summed E-state index contributed by atoms with van der Waals surface area (Å²) >= 11 is 0. The second-order valence-electron chi connectivity index (χ2n) is 7.90. The molecule has 1 fully saturated rings. The van der Waals surface area contributed by atoms with Crippen molar-refractivity contribution in [2.75, 3.05) is 5.32 Å². The summed E-state index contributed by atoms with van der Waals surface area (Å²) in [4.78, 5) is 22.3. The van der Waals surface area contributed by atoms with Crippen LogP contribution in [0.4, 0.5) is 5.82 Å². The van der Waals surface area contributed by atoms with E-state index >= 15 is 0 Å².